The van der Waals surface area contributed by atoms with Gasteiger partial charge in [-0.25, -0.2) is 0 Å². The SMILES string of the molecule is CO[C@H]1[C@@H](c2ccccc2)CC[C@@]1(C)c1c[nH]c2ccccc12. The summed E-state index contributed by atoms with van der Waals surface area (Å²) in [6.07, 6.45) is 4.69. The van der Waals surface area contributed by atoms with Crippen molar-refractivity contribution >= 4 is 10.9 Å². The second-order valence-corrected chi connectivity index (χ2v) is 6.88. The highest BCUT2D eigenvalue weighted by Gasteiger charge is 2.48. The average molecular weight is 305 g/mol. The van der Waals surface area contributed by atoms with Crippen LogP contribution in [0.3, 0.4) is 0 Å². The maximum atomic E-state index is 6.05. The van der Waals surface area contributed by atoms with Gasteiger partial charge in [0.15, 0.2) is 0 Å². The van der Waals surface area contributed by atoms with E-state index in [0.29, 0.717) is 5.92 Å². The Morgan fingerprint density at radius 3 is 2.57 bits per heavy atom. The summed E-state index contributed by atoms with van der Waals surface area (Å²) in [6.45, 7) is 2.36. The molecule has 0 unspecified atom stereocenters. The van der Waals surface area contributed by atoms with E-state index in [0.717, 1.165) is 6.42 Å². The van der Waals surface area contributed by atoms with Crippen LogP contribution in [0.4, 0.5) is 0 Å². The minimum atomic E-state index is 0.0366. The Bertz CT molecular complexity index is 807. The highest BCUT2D eigenvalue weighted by atomic mass is 16.5. The van der Waals surface area contributed by atoms with E-state index < -0.39 is 0 Å². The van der Waals surface area contributed by atoms with Crippen LogP contribution in [0.25, 0.3) is 10.9 Å². The van der Waals surface area contributed by atoms with Gasteiger partial charge in [0.05, 0.1) is 6.10 Å². The predicted molar refractivity (Wildman–Crippen MR) is 94.9 cm³/mol. The molecule has 1 aromatic heterocycles. The molecule has 0 bridgehead atoms. The monoisotopic (exact) mass is 305 g/mol. The van der Waals surface area contributed by atoms with E-state index in [1.807, 2.05) is 7.11 Å². The van der Waals surface area contributed by atoms with Crippen molar-refractivity contribution in [1.29, 1.82) is 0 Å². The molecule has 23 heavy (non-hydrogen) atoms. The number of para-hydroxylation sites is 1. The van der Waals surface area contributed by atoms with Gasteiger partial charge in [-0.1, -0.05) is 55.5 Å². The van der Waals surface area contributed by atoms with Gasteiger partial charge < -0.3 is 9.72 Å². The standard InChI is InChI=1S/C21H23NO/c1-21(18-14-22-19-11-7-6-10-17(18)19)13-12-16(20(21)23-2)15-8-4-3-5-9-15/h3-11,14,16,20,22H,12-13H2,1-2H3/t16-,20+,21+/m1/s1. The van der Waals surface area contributed by atoms with E-state index in [1.165, 1.54) is 28.5 Å². The second kappa shape index (κ2) is 5.54. The van der Waals surface area contributed by atoms with Crippen LogP contribution in [-0.2, 0) is 10.2 Å². The molecule has 1 heterocycles. The van der Waals surface area contributed by atoms with E-state index in [9.17, 15) is 0 Å². The van der Waals surface area contributed by atoms with E-state index in [1.54, 1.807) is 0 Å². The lowest BCUT2D eigenvalue weighted by atomic mass is 9.77. The molecule has 1 N–H and O–H groups in total. The summed E-state index contributed by atoms with van der Waals surface area (Å²) in [4.78, 5) is 3.43. The van der Waals surface area contributed by atoms with Crippen molar-refractivity contribution < 1.29 is 4.74 Å². The van der Waals surface area contributed by atoms with Gasteiger partial charge in [-0.3, -0.25) is 0 Å². The molecule has 0 spiro atoms. The smallest absolute Gasteiger partial charge is 0.0734 e. The van der Waals surface area contributed by atoms with Crippen LogP contribution in [-0.4, -0.2) is 18.2 Å². The Morgan fingerprint density at radius 1 is 1.04 bits per heavy atom. The number of rotatable bonds is 3. The van der Waals surface area contributed by atoms with Gasteiger partial charge in [-0.2, -0.15) is 0 Å². The van der Waals surface area contributed by atoms with Crippen LogP contribution in [0.5, 0.6) is 0 Å². The van der Waals surface area contributed by atoms with E-state index in [-0.39, 0.29) is 11.5 Å². The first-order valence-electron chi connectivity index (χ1n) is 8.38. The van der Waals surface area contributed by atoms with Crippen LogP contribution in [0.2, 0.25) is 0 Å². The molecule has 4 rings (SSSR count). The van der Waals surface area contributed by atoms with Gasteiger partial charge in [0.2, 0.25) is 0 Å². The normalized spacial score (nSPS) is 27.6. The molecule has 3 atom stereocenters. The minimum Gasteiger partial charge on any atom is -0.380 e. The zero-order valence-electron chi connectivity index (χ0n) is 13.8. The minimum absolute atomic E-state index is 0.0366. The third-order valence-electron chi connectivity index (χ3n) is 5.65. The number of aromatic nitrogens is 1. The lowest BCUT2D eigenvalue weighted by Gasteiger charge is -2.33. The van der Waals surface area contributed by atoms with Gasteiger partial charge in [0, 0.05) is 35.5 Å². The number of methoxy groups -OCH3 is 1. The lowest BCUT2D eigenvalue weighted by molar-refractivity contribution is 0.0473. The summed E-state index contributed by atoms with van der Waals surface area (Å²) in [5, 5.41) is 1.32. The van der Waals surface area contributed by atoms with Crippen LogP contribution in [0.1, 0.15) is 36.8 Å². The number of fused-ring (bicyclic) bond motifs is 1. The van der Waals surface area contributed by atoms with Crippen LogP contribution in [0, 0.1) is 0 Å². The predicted octanol–water partition coefficient (Wildman–Crippen LogP) is 5.02. The zero-order chi connectivity index (χ0) is 15.9. The summed E-state index contributed by atoms with van der Waals surface area (Å²) in [5.41, 5.74) is 4.03. The van der Waals surface area contributed by atoms with Gasteiger partial charge in [0.1, 0.15) is 0 Å². The summed E-state index contributed by atoms with van der Waals surface area (Å²) < 4.78 is 6.05. The molecular weight excluding hydrogens is 282 g/mol. The number of benzene rings is 2. The summed E-state index contributed by atoms with van der Waals surface area (Å²) in [6, 6.07) is 19.4. The number of hydrogen-bond acceptors (Lipinski definition) is 1. The second-order valence-electron chi connectivity index (χ2n) is 6.88. The maximum absolute atomic E-state index is 6.05. The largest absolute Gasteiger partial charge is 0.380 e. The van der Waals surface area contributed by atoms with Crippen molar-refractivity contribution in [2.75, 3.05) is 7.11 Å². The molecule has 2 aromatic carbocycles. The number of aromatic amines is 1. The highest BCUT2D eigenvalue weighted by molar-refractivity contribution is 5.84. The number of H-pyrrole nitrogens is 1. The van der Waals surface area contributed by atoms with Crippen molar-refractivity contribution in [2.24, 2.45) is 0 Å². The summed E-state index contributed by atoms with van der Waals surface area (Å²) >= 11 is 0. The number of ether oxygens (including phenoxy) is 1. The van der Waals surface area contributed by atoms with Crippen molar-refractivity contribution in [2.45, 2.75) is 37.2 Å². The lowest BCUT2D eigenvalue weighted by Crippen LogP contribution is -2.35. The molecule has 0 radical (unpaired) electrons. The molecule has 2 nitrogen and oxygen atoms in total. The van der Waals surface area contributed by atoms with Gasteiger partial charge in [-0.05, 0) is 30.0 Å². The van der Waals surface area contributed by atoms with Crippen LogP contribution >= 0.6 is 0 Å². The third-order valence-corrected chi connectivity index (χ3v) is 5.65. The molecule has 1 aliphatic rings. The quantitative estimate of drug-likeness (QED) is 0.722. The van der Waals surface area contributed by atoms with Gasteiger partial charge in [-0.15, -0.1) is 0 Å². The highest BCUT2D eigenvalue weighted by Crippen LogP contribution is 2.51. The number of hydrogen-bond donors (Lipinski definition) is 1. The Labute approximate surface area is 137 Å². The summed E-state index contributed by atoms with van der Waals surface area (Å²) in [7, 11) is 1.86. The van der Waals surface area contributed by atoms with Crippen LogP contribution < -0.4 is 0 Å². The molecule has 3 aromatic rings. The Kier molecular flexibility index (Phi) is 3.50. The molecule has 0 aliphatic heterocycles. The average Bonchev–Trinajstić information content (AvgIpc) is 3.17. The van der Waals surface area contributed by atoms with Crippen molar-refractivity contribution in [1.82, 2.24) is 4.98 Å². The van der Waals surface area contributed by atoms with Crippen molar-refractivity contribution in [3.63, 3.8) is 0 Å². The maximum Gasteiger partial charge on any atom is 0.0734 e. The zero-order valence-corrected chi connectivity index (χ0v) is 13.8. The van der Waals surface area contributed by atoms with Crippen LogP contribution in [0.15, 0.2) is 60.8 Å². The van der Waals surface area contributed by atoms with Gasteiger partial charge >= 0.3 is 0 Å². The first-order valence-corrected chi connectivity index (χ1v) is 8.38. The Morgan fingerprint density at radius 2 is 1.78 bits per heavy atom. The summed E-state index contributed by atoms with van der Waals surface area (Å²) in [5.74, 6) is 0.458. The molecular formula is C21H23NO. The molecule has 1 fully saturated rings. The molecule has 0 saturated heterocycles. The fourth-order valence-corrected chi connectivity index (χ4v) is 4.49. The fourth-order valence-electron chi connectivity index (χ4n) is 4.49. The fraction of sp³-hybridized carbons (Fsp3) is 0.333. The molecule has 2 heteroatoms. The third kappa shape index (κ3) is 2.21. The first kappa shape index (κ1) is 14.5. The van der Waals surface area contributed by atoms with E-state index >= 15 is 0 Å². The number of nitrogens with one attached hydrogen (secondary N) is 1. The van der Waals surface area contributed by atoms with Crippen molar-refractivity contribution in [3.8, 4) is 0 Å². The topological polar surface area (TPSA) is 25.0 Å². The molecule has 0 amide bonds. The van der Waals surface area contributed by atoms with Gasteiger partial charge in [0.25, 0.3) is 0 Å². The molecule has 1 saturated carbocycles. The van der Waals surface area contributed by atoms with Crippen molar-refractivity contribution in [3.05, 3.63) is 71.9 Å². The molecule has 118 valence electrons. The first-order chi connectivity index (χ1) is 11.2. The Hall–Kier alpha value is -2.06. The molecule has 1 aliphatic carbocycles. The van der Waals surface area contributed by atoms with E-state index in [4.69, 9.17) is 4.74 Å². The Balaban J connectivity index is 1.78. The van der Waals surface area contributed by atoms with E-state index in [2.05, 4.69) is 72.7 Å².